The molecule has 6 nitrogen and oxygen atoms in total. The molecule has 0 bridgehead atoms. The number of ether oxygens (including phenoxy) is 1. The molecule has 2 atom stereocenters. The van der Waals surface area contributed by atoms with Crippen LogP contribution in [-0.2, 0) is 9.53 Å². The van der Waals surface area contributed by atoms with Crippen LogP contribution in [0.4, 0.5) is 0 Å². The molecule has 1 aliphatic rings. The predicted molar refractivity (Wildman–Crippen MR) is 87.9 cm³/mol. The van der Waals surface area contributed by atoms with E-state index in [9.17, 15) is 4.79 Å². The zero-order valence-electron chi connectivity index (χ0n) is 13.2. The number of imidazole rings is 1. The standard InChI is InChI=1S/C15H23BrN4O2/c1-9(2)13(18-10(3)22-4)15(21)20-7-5-6-11(20)14-17-8-12(16)19-14/h8-9,11,13,18H,3,5-7H2,1-2,4H3,(H,17,19)/t11-,13?/m0/s1. The van der Waals surface area contributed by atoms with E-state index < -0.39 is 0 Å². The monoisotopic (exact) mass is 370 g/mol. The number of hydrogen-bond acceptors (Lipinski definition) is 4. The number of aromatic amines is 1. The van der Waals surface area contributed by atoms with Crippen LogP contribution in [0.5, 0.6) is 0 Å². The first-order valence-electron chi connectivity index (χ1n) is 7.44. The normalized spacial score (nSPS) is 19.3. The first kappa shape index (κ1) is 16.9. The summed E-state index contributed by atoms with van der Waals surface area (Å²) in [5.74, 6) is 1.42. The third-order valence-electron chi connectivity index (χ3n) is 3.91. The average Bonchev–Trinajstić information content (AvgIpc) is 3.11. The minimum absolute atomic E-state index is 0.00217. The van der Waals surface area contributed by atoms with Gasteiger partial charge >= 0.3 is 0 Å². The molecule has 1 unspecified atom stereocenters. The zero-order chi connectivity index (χ0) is 16.3. The van der Waals surface area contributed by atoms with E-state index in [2.05, 4.69) is 37.8 Å². The number of carbonyl (C=O) groups excluding carboxylic acids is 1. The summed E-state index contributed by atoms with van der Waals surface area (Å²) in [6.45, 7) is 8.51. The summed E-state index contributed by atoms with van der Waals surface area (Å²) >= 11 is 3.37. The van der Waals surface area contributed by atoms with Crippen LogP contribution < -0.4 is 5.32 Å². The van der Waals surface area contributed by atoms with Gasteiger partial charge in [-0.1, -0.05) is 13.8 Å². The lowest BCUT2D eigenvalue weighted by Gasteiger charge is -2.30. The van der Waals surface area contributed by atoms with Gasteiger partial charge in [-0.3, -0.25) is 4.79 Å². The van der Waals surface area contributed by atoms with Gasteiger partial charge < -0.3 is 19.9 Å². The summed E-state index contributed by atoms with van der Waals surface area (Å²) in [6.07, 6.45) is 3.62. The van der Waals surface area contributed by atoms with Crippen molar-refractivity contribution in [3.05, 3.63) is 29.1 Å². The second kappa shape index (κ2) is 7.17. The van der Waals surface area contributed by atoms with Gasteiger partial charge in [0.1, 0.15) is 16.5 Å². The number of H-pyrrole nitrogens is 1. The Kier molecular flexibility index (Phi) is 5.50. The van der Waals surface area contributed by atoms with Crippen molar-refractivity contribution in [1.29, 1.82) is 0 Å². The van der Waals surface area contributed by atoms with Crippen LogP contribution in [0.1, 0.15) is 38.6 Å². The Bertz CT molecular complexity index is 543. The summed E-state index contributed by atoms with van der Waals surface area (Å²) in [5, 5.41) is 3.07. The molecule has 1 aliphatic heterocycles. The number of nitrogens with one attached hydrogen (secondary N) is 2. The van der Waals surface area contributed by atoms with E-state index in [0.29, 0.717) is 5.88 Å². The second-order valence-corrected chi connectivity index (χ2v) is 6.65. The average molecular weight is 371 g/mol. The molecule has 2 rings (SSSR count). The molecule has 0 spiro atoms. The molecule has 0 saturated carbocycles. The third kappa shape index (κ3) is 3.63. The first-order chi connectivity index (χ1) is 10.4. The van der Waals surface area contributed by atoms with Crippen molar-refractivity contribution >= 4 is 21.8 Å². The fraction of sp³-hybridized carbons (Fsp3) is 0.600. The van der Waals surface area contributed by atoms with Crippen LogP contribution in [0.15, 0.2) is 23.3 Å². The Balaban J connectivity index is 2.16. The third-order valence-corrected chi connectivity index (χ3v) is 4.31. The van der Waals surface area contributed by atoms with Crippen molar-refractivity contribution in [2.45, 2.75) is 38.8 Å². The van der Waals surface area contributed by atoms with E-state index in [1.54, 1.807) is 6.20 Å². The molecular formula is C15H23BrN4O2. The number of rotatable bonds is 6. The molecule has 2 N–H and O–H groups in total. The fourth-order valence-electron chi connectivity index (χ4n) is 2.72. The van der Waals surface area contributed by atoms with Gasteiger partial charge in [-0.15, -0.1) is 0 Å². The fourth-order valence-corrected chi connectivity index (χ4v) is 3.03. The lowest BCUT2D eigenvalue weighted by atomic mass is 10.0. The van der Waals surface area contributed by atoms with E-state index >= 15 is 0 Å². The summed E-state index contributed by atoms with van der Waals surface area (Å²) in [5.41, 5.74) is 0. The van der Waals surface area contributed by atoms with E-state index in [1.165, 1.54) is 7.11 Å². The Morgan fingerprint density at radius 3 is 2.91 bits per heavy atom. The highest BCUT2D eigenvalue weighted by Gasteiger charge is 2.36. The number of nitrogens with zero attached hydrogens (tertiary/aromatic N) is 2. The number of carbonyl (C=O) groups is 1. The lowest BCUT2D eigenvalue weighted by molar-refractivity contribution is -0.135. The molecule has 0 aromatic carbocycles. The lowest BCUT2D eigenvalue weighted by Crippen LogP contribution is -2.48. The summed E-state index contributed by atoms with van der Waals surface area (Å²) in [7, 11) is 1.54. The molecule has 1 aromatic rings. The molecular weight excluding hydrogens is 348 g/mol. The first-order valence-corrected chi connectivity index (χ1v) is 8.23. The van der Waals surface area contributed by atoms with Crippen LogP contribution in [0.2, 0.25) is 0 Å². The Labute approximate surface area is 139 Å². The molecule has 1 saturated heterocycles. The van der Waals surface area contributed by atoms with Gasteiger partial charge in [0.15, 0.2) is 5.88 Å². The number of aromatic nitrogens is 2. The largest absolute Gasteiger partial charge is 0.483 e. The van der Waals surface area contributed by atoms with Crippen LogP contribution in [0.25, 0.3) is 0 Å². The number of likely N-dealkylation sites (tertiary alicyclic amines) is 1. The van der Waals surface area contributed by atoms with E-state index in [4.69, 9.17) is 4.74 Å². The van der Waals surface area contributed by atoms with Gasteiger partial charge in [-0.05, 0) is 41.3 Å². The summed E-state index contributed by atoms with van der Waals surface area (Å²) in [6, 6.07) is -0.357. The van der Waals surface area contributed by atoms with Crippen molar-refractivity contribution in [2.75, 3.05) is 13.7 Å². The van der Waals surface area contributed by atoms with Gasteiger partial charge in [0.05, 0.1) is 19.3 Å². The van der Waals surface area contributed by atoms with Crippen LogP contribution in [0, 0.1) is 5.92 Å². The van der Waals surface area contributed by atoms with Crippen molar-refractivity contribution in [2.24, 2.45) is 5.92 Å². The Morgan fingerprint density at radius 1 is 1.64 bits per heavy atom. The molecule has 1 amide bonds. The number of halogens is 1. The highest BCUT2D eigenvalue weighted by Crippen LogP contribution is 2.31. The molecule has 2 heterocycles. The van der Waals surface area contributed by atoms with Gasteiger partial charge in [-0.2, -0.15) is 0 Å². The minimum atomic E-state index is -0.355. The number of hydrogen-bond donors (Lipinski definition) is 2. The van der Waals surface area contributed by atoms with E-state index in [0.717, 1.165) is 29.8 Å². The number of amides is 1. The molecule has 1 aromatic heterocycles. The van der Waals surface area contributed by atoms with Crippen molar-refractivity contribution < 1.29 is 9.53 Å². The smallest absolute Gasteiger partial charge is 0.246 e. The highest BCUT2D eigenvalue weighted by atomic mass is 79.9. The zero-order valence-corrected chi connectivity index (χ0v) is 14.8. The maximum Gasteiger partial charge on any atom is 0.246 e. The van der Waals surface area contributed by atoms with Gasteiger partial charge in [0.2, 0.25) is 5.91 Å². The molecule has 122 valence electrons. The highest BCUT2D eigenvalue weighted by molar-refractivity contribution is 9.10. The molecule has 0 aliphatic carbocycles. The van der Waals surface area contributed by atoms with Gasteiger partial charge in [0.25, 0.3) is 0 Å². The maximum atomic E-state index is 12.9. The van der Waals surface area contributed by atoms with Crippen molar-refractivity contribution in [1.82, 2.24) is 20.2 Å². The Hall–Kier alpha value is -1.50. The molecule has 7 heteroatoms. The number of methoxy groups -OCH3 is 1. The van der Waals surface area contributed by atoms with Crippen molar-refractivity contribution in [3.63, 3.8) is 0 Å². The molecule has 1 fully saturated rings. The predicted octanol–water partition coefficient (Wildman–Crippen LogP) is 2.57. The second-order valence-electron chi connectivity index (χ2n) is 5.80. The van der Waals surface area contributed by atoms with Gasteiger partial charge in [0, 0.05) is 6.54 Å². The molecule has 22 heavy (non-hydrogen) atoms. The quantitative estimate of drug-likeness (QED) is 0.755. The van der Waals surface area contributed by atoms with E-state index in [-0.39, 0.29) is 23.9 Å². The summed E-state index contributed by atoms with van der Waals surface area (Å²) in [4.78, 5) is 22.4. The van der Waals surface area contributed by atoms with Crippen LogP contribution in [-0.4, -0.2) is 40.5 Å². The topological polar surface area (TPSA) is 70.2 Å². The van der Waals surface area contributed by atoms with Crippen molar-refractivity contribution in [3.8, 4) is 0 Å². The maximum absolute atomic E-state index is 12.9. The Morgan fingerprint density at radius 2 is 2.36 bits per heavy atom. The van der Waals surface area contributed by atoms with Crippen LogP contribution in [0.3, 0.4) is 0 Å². The van der Waals surface area contributed by atoms with E-state index in [1.807, 2.05) is 18.7 Å². The van der Waals surface area contributed by atoms with Crippen LogP contribution >= 0.6 is 15.9 Å². The van der Waals surface area contributed by atoms with Gasteiger partial charge in [-0.25, -0.2) is 4.98 Å². The summed E-state index contributed by atoms with van der Waals surface area (Å²) < 4.78 is 5.88. The minimum Gasteiger partial charge on any atom is -0.483 e. The SMILES string of the molecule is C=C(NC(C(=O)N1CCC[C@H]1c1ncc(Br)[nH]1)C(C)C)OC. The molecule has 0 radical (unpaired) electrons.